The Kier molecular flexibility index (Phi) is 14.5. The van der Waals surface area contributed by atoms with E-state index in [4.69, 9.17) is 4.74 Å². The molecular formula is C28H47N3O5S. The summed E-state index contributed by atoms with van der Waals surface area (Å²) in [7, 11) is 0. The molecule has 3 N–H and O–H groups in total. The minimum atomic E-state index is -0.891. The van der Waals surface area contributed by atoms with Crippen LogP contribution < -0.4 is 10.6 Å². The fourth-order valence-electron chi connectivity index (χ4n) is 3.84. The van der Waals surface area contributed by atoms with Crippen LogP contribution in [0.25, 0.3) is 0 Å². The van der Waals surface area contributed by atoms with Crippen LogP contribution in [0.3, 0.4) is 0 Å². The van der Waals surface area contributed by atoms with Crippen LogP contribution in [0.2, 0.25) is 0 Å². The zero-order valence-corrected chi connectivity index (χ0v) is 24.5. The molecule has 0 aliphatic carbocycles. The molecule has 2 unspecified atom stereocenters. The molecule has 1 aromatic rings. The minimum Gasteiger partial charge on any atom is -0.508 e. The standard InChI is InChI=1S/C28H47N3O5S/c1-8-10-12-16-29-25(33)24(21-13-14-23(32)20(3)19-21)31(17-11-9-2)26(34)22(15-18-37-7)30-27(35)36-28(4,5)6/h13-14,19,22,24,32H,8-12,15-18H2,1-7H3,(H,29,33)(H,30,35). The molecule has 0 aliphatic heterocycles. The molecule has 1 rings (SSSR count). The van der Waals surface area contributed by atoms with Crippen LogP contribution in [0.1, 0.15) is 90.3 Å². The number of amides is 3. The van der Waals surface area contributed by atoms with Gasteiger partial charge >= 0.3 is 6.09 Å². The molecule has 0 saturated carbocycles. The van der Waals surface area contributed by atoms with Crippen molar-refractivity contribution in [1.82, 2.24) is 15.5 Å². The van der Waals surface area contributed by atoms with Gasteiger partial charge in [0.2, 0.25) is 11.8 Å². The summed E-state index contributed by atoms with van der Waals surface area (Å²) < 4.78 is 5.42. The normalized spacial score (nSPS) is 12.9. The molecule has 0 heterocycles. The Balaban J connectivity index is 3.42. The first-order valence-electron chi connectivity index (χ1n) is 13.3. The van der Waals surface area contributed by atoms with Crippen LogP contribution in [-0.4, -0.2) is 64.7 Å². The molecule has 0 aromatic heterocycles. The van der Waals surface area contributed by atoms with Gasteiger partial charge in [-0.1, -0.05) is 39.2 Å². The van der Waals surface area contributed by atoms with Gasteiger partial charge in [-0.3, -0.25) is 9.59 Å². The Morgan fingerprint density at radius 1 is 1.11 bits per heavy atom. The number of benzene rings is 1. The lowest BCUT2D eigenvalue weighted by molar-refractivity contribution is -0.142. The lowest BCUT2D eigenvalue weighted by atomic mass is 9.99. The fourth-order valence-corrected chi connectivity index (χ4v) is 4.31. The molecule has 0 radical (unpaired) electrons. The molecule has 210 valence electrons. The van der Waals surface area contributed by atoms with Crippen LogP contribution in [0.15, 0.2) is 18.2 Å². The number of ether oxygens (including phenoxy) is 1. The van der Waals surface area contributed by atoms with Gasteiger partial charge in [-0.05, 0) is 82.2 Å². The van der Waals surface area contributed by atoms with E-state index < -0.39 is 23.8 Å². The van der Waals surface area contributed by atoms with Crippen molar-refractivity contribution in [2.24, 2.45) is 0 Å². The first-order chi connectivity index (χ1) is 17.4. The Labute approximate surface area is 227 Å². The van der Waals surface area contributed by atoms with Gasteiger partial charge < -0.3 is 25.4 Å². The van der Waals surface area contributed by atoms with Gasteiger partial charge in [-0.2, -0.15) is 11.8 Å². The number of nitrogens with zero attached hydrogens (tertiary/aromatic N) is 1. The van der Waals surface area contributed by atoms with Gasteiger partial charge in [0, 0.05) is 13.1 Å². The summed E-state index contributed by atoms with van der Waals surface area (Å²) in [6.45, 7) is 12.1. The van der Waals surface area contributed by atoms with E-state index in [1.54, 1.807) is 62.6 Å². The van der Waals surface area contributed by atoms with Crippen LogP contribution in [0, 0.1) is 6.92 Å². The summed E-state index contributed by atoms with van der Waals surface area (Å²) in [4.78, 5) is 41.8. The molecular weight excluding hydrogens is 490 g/mol. The lowest BCUT2D eigenvalue weighted by Crippen LogP contribution is -2.53. The highest BCUT2D eigenvalue weighted by Crippen LogP contribution is 2.28. The second kappa shape index (κ2) is 16.4. The van der Waals surface area contributed by atoms with E-state index in [0.29, 0.717) is 42.8 Å². The van der Waals surface area contributed by atoms with Crippen molar-refractivity contribution in [2.75, 3.05) is 25.1 Å². The third-order valence-electron chi connectivity index (χ3n) is 5.81. The summed E-state index contributed by atoms with van der Waals surface area (Å²) in [5, 5.41) is 15.8. The predicted octanol–water partition coefficient (Wildman–Crippen LogP) is 5.32. The van der Waals surface area contributed by atoms with Crippen LogP contribution in [0.4, 0.5) is 4.79 Å². The zero-order chi connectivity index (χ0) is 28.0. The predicted molar refractivity (Wildman–Crippen MR) is 151 cm³/mol. The van der Waals surface area contributed by atoms with Gasteiger partial charge in [0.15, 0.2) is 0 Å². The smallest absolute Gasteiger partial charge is 0.408 e. The van der Waals surface area contributed by atoms with Gasteiger partial charge in [0.25, 0.3) is 0 Å². The lowest BCUT2D eigenvalue weighted by Gasteiger charge is -2.34. The molecule has 3 amide bonds. The number of alkyl carbamates (subject to hydrolysis) is 1. The topological polar surface area (TPSA) is 108 Å². The number of phenolic OH excluding ortho intramolecular Hbond substituents is 1. The van der Waals surface area contributed by atoms with Gasteiger partial charge in [-0.25, -0.2) is 4.79 Å². The summed E-state index contributed by atoms with van der Waals surface area (Å²) in [5.74, 6) is 0.182. The maximum atomic E-state index is 14.0. The van der Waals surface area contributed by atoms with E-state index in [9.17, 15) is 19.5 Å². The number of thioether (sulfide) groups is 1. The van der Waals surface area contributed by atoms with Crippen molar-refractivity contribution in [3.05, 3.63) is 29.3 Å². The summed E-state index contributed by atoms with van der Waals surface area (Å²) in [6, 6.07) is 3.25. The third-order valence-corrected chi connectivity index (χ3v) is 6.46. The van der Waals surface area contributed by atoms with E-state index >= 15 is 0 Å². The quantitative estimate of drug-likeness (QED) is 0.261. The number of carbonyl (C=O) groups excluding carboxylic acids is 3. The summed E-state index contributed by atoms with van der Waals surface area (Å²) >= 11 is 1.58. The monoisotopic (exact) mass is 537 g/mol. The van der Waals surface area contributed by atoms with Gasteiger partial charge in [0.05, 0.1) is 0 Å². The first kappa shape index (κ1) is 32.6. The third kappa shape index (κ3) is 11.7. The molecule has 9 heteroatoms. The number of unbranched alkanes of at least 4 members (excludes halogenated alkanes) is 3. The van der Waals surface area contributed by atoms with E-state index in [-0.39, 0.29) is 17.6 Å². The Morgan fingerprint density at radius 3 is 2.35 bits per heavy atom. The second-order valence-corrected chi connectivity index (χ2v) is 11.3. The highest BCUT2D eigenvalue weighted by Gasteiger charge is 2.36. The highest BCUT2D eigenvalue weighted by atomic mass is 32.2. The zero-order valence-electron chi connectivity index (χ0n) is 23.7. The molecule has 1 aromatic carbocycles. The number of aromatic hydroxyl groups is 1. The van der Waals surface area contributed by atoms with E-state index in [2.05, 4.69) is 17.6 Å². The molecule has 0 saturated heterocycles. The average molecular weight is 538 g/mol. The molecule has 37 heavy (non-hydrogen) atoms. The fraction of sp³-hybridized carbons (Fsp3) is 0.679. The highest BCUT2D eigenvalue weighted by molar-refractivity contribution is 7.98. The van der Waals surface area contributed by atoms with E-state index in [1.807, 2.05) is 13.2 Å². The average Bonchev–Trinajstić information content (AvgIpc) is 2.82. The maximum absolute atomic E-state index is 14.0. The number of rotatable bonds is 15. The largest absolute Gasteiger partial charge is 0.508 e. The van der Waals surface area contributed by atoms with Crippen LogP contribution in [-0.2, 0) is 14.3 Å². The van der Waals surface area contributed by atoms with E-state index in [1.165, 1.54) is 0 Å². The van der Waals surface area contributed by atoms with Crippen molar-refractivity contribution in [3.63, 3.8) is 0 Å². The molecule has 0 fully saturated rings. The Hall–Kier alpha value is -2.42. The molecule has 0 aliphatic rings. The first-order valence-corrected chi connectivity index (χ1v) is 14.7. The number of nitrogens with one attached hydrogen (secondary N) is 2. The van der Waals surface area contributed by atoms with Gasteiger partial charge in [-0.15, -0.1) is 0 Å². The summed E-state index contributed by atoms with van der Waals surface area (Å²) in [5.41, 5.74) is 0.535. The van der Waals surface area contributed by atoms with Crippen LogP contribution >= 0.6 is 11.8 Å². The number of aryl methyl sites for hydroxylation is 1. The number of hydrogen-bond donors (Lipinski definition) is 3. The van der Waals surface area contributed by atoms with Crippen LogP contribution in [0.5, 0.6) is 5.75 Å². The molecule has 0 bridgehead atoms. The second-order valence-electron chi connectivity index (χ2n) is 10.3. The van der Waals surface area contributed by atoms with Crippen molar-refractivity contribution in [2.45, 2.75) is 97.8 Å². The SMILES string of the molecule is CCCCCNC(=O)C(c1ccc(O)c(C)c1)N(CCCC)C(=O)C(CCSC)NC(=O)OC(C)(C)C. The Bertz CT molecular complexity index is 872. The van der Waals surface area contributed by atoms with Gasteiger partial charge in [0.1, 0.15) is 23.4 Å². The minimum absolute atomic E-state index is 0.127. The molecule has 2 atom stereocenters. The molecule has 8 nitrogen and oxygen atoms in total. The number of carbonyl (C=O) groups is 3. The number of phenols is 1. The van der Waals surface area contributed by atoms with Crippen molar-refractivity contribution >= 4 is 29.7 Å². The molecule has 0 spiro atoms. The Morgan fingerprint density at radius 2 is 1.78 bits per heavy atom. The number of hydrogen-bond acceptors (Lipinski definition) is 6. The van der Waals surface area contributed by atoms with Crippen molar-refractivity contribution in [1.29, 1.82) is 0 Å². The summed E-state index contributed by atoms with van der Waals surface area (Å²) in [6.07, 6.45) is 6.09. The van der Waals surface area contributed by atoms with Crippen molar-refractivity contribution in [3.8, 4) is 5.75 Å². The van der Waals surface area contributed by atoms with Crippen molar-refractivity contribution < 1.29 is 24.2 Å². The maximum Gasteiger partial charge on any atom is 0.408 e. The van der Waals surface area contributed by atoms with E-state index in [0.717, 1.165) is 25.7 Å².